The molecule has 5 nitrogen and oxygen atoms in total. The second-order valence-electron chi connectivity index (χ2n) is 9.40. The summed E-state index contributed by atoms with van der Waals surface area (Å²) in [4.78, 5) is 25.0. The first kappa shape index (κ1) is 31.1. The number of hydrogen-bond donors (Lipinski definition) is 2. The SMILES string of the molecule is CSCC[C@H](NC(=O)c1ccc(CCc2ccc(Oc3ccccc3)cc2)cc1-c1ccccc1C)C(=O)O.[LiH]. The number of aliphatic carboxylic acids is 1. The predicted molar refractivity (Wildman–Crippen MR) is 166 cm³/mol. The van der Waals surface area contributed by atoms with Crippen LogP contribution in [0.5, 0.6) is 11.5 Å². The zero-order valence-corrected chi connectivity index (χ0v) is 23.0. The number of ether oxygens (including phenoxy) is 1. The number of hydrogen-bond acceptors (Lipinski definition) is 4. The molecule has 0 unspecified atom stereocenters. The van der Waals surface area contributed by atoms with Gasteiger partial charge in [-0.1, -0.05) is 66.7 Å². The standard InChI is InChI=1S/C33H33NO4S.Li.H/c1-23-8-6-7-11-28(23)30-22-25(16-19-29(30)32(35)34-31(33(36)37)20-21-39-2)13-12-24-14-17-27(18-15-24)38-26-9-4-3-5-10-26;;/h3-11,14-19,22,31H,12-13,20-21H2,1-2H3,(H,34,35)(H,36,37);;/t31-;;/m0../s1. The van der Waals surface area contributed by atoms with Gasteiger partial charge in [-0.25, -0.2) is 4.79 Å². The molecule has 4 aromatic carbocycles. The molecule has 0 bridgehead atoms. The minimum atomic E-state index is -1.02. The van der Waals surface area contributed by atoms with Crippen LogP contribution >= 0.6 is 11.8 Å². The van der Waals surface area contributed by atoms with Crippen LogP contribution in [0.15, 0.2) is 97.1 Å². The third-order valence-electron chi connectivity index (χ3n) is 6.58. The number of aryl methyl sites for hydroxylation is 3. The summed E-state index contributed by atoms with van der Waals surface area (Å²) >= 11 is 1.56. The van der Waals surface area contributed by atoms with Gasteiger partial charge in [0.2, 0.25) is 0 Å². The van der Waals surface area contributed by atoms with Crippen molar-refractivity contribution in [2.75, 3.05) is 12.0 Å². The Morgan fingerprint density at radius 3 is 2.12 bits per heavy atom. The fourth-order valence-corrected chi connectivity index (χ4v) is 4.88. The van der Waals surface area contributed by atoms with Gasteiger partial charge in [-0.3, -0.25) is 4.79 Å². The number of amides is 1. The Kier molecular flexibility index (Phi) is 12.0. The number of para-hydroxylation sites is 1. The van der Waals surface area contributed by atoms with Crippen LogP contribution in [0, 0.1) is 6.92 Å². The summed E-state index contributed by atoms with van der Waals surface area (Å²) < 4.78 is 5.90. The van der Waals surface area contributed by atoms with Gasteiger partial charge in [0.15, 0.2) is 0 Å². The van der Waals surface area contributed by atoms with E-state index in [0.29, 0.717) is 17.7 Å². The van der Waals surface area contributed by atoms with Crippen LogP contribution in [0.3, 0.4) is 0 Å². The molecular weight excluding hydrogens is 513 g/mol. The van der Waals surface area contributed by atoms with E-state index in [1.54, 1.807) is 11.8 Å². The molecule has 0 aliphatic rings. The van der Waals surface area contributed by atoms with E-state index in [2.05, 4.69) is 23.5 Å². The first-order valence-electron chi connectivity index (χ1n) is 13.0. The molecule has 4 rings (SSSR count). The van der Waals surface area contributed by atoms with Crippen LogP contribution in [-0.2, 0) is 17.6 Å². The Balaban J connectivity index is 0.00000441. The molecule has 40 heavy (non-hydrogen) atoms. The van der Waals surface area contributed by atoms with Gasteiger partial charge < -0.3 is 15.2 Å². The van der Waals surface area contributed by atoms with Gasteiger partial charge in [0.1, 0.15) is 17.5 Å². The van der Waals surface area contributed by atoms with E-state index in [1.807, 2.05) is 92.0 Å². The fraction of sp³-hybridized carbons (Fsp3) is 0.212. The first-order valence-corrected chi connectivity index (χ1v) is 14.4. The van der Waals surface area contributed by atoms with Gasteiger partial charge in [-0.2, -0.15) is 11.8 Å². The second-order valence-corrected chi connectivity index (χ2v) is 10.4. The van der Waals surface area contributed by atoms with Crippen molar-refractivity contribution >= 4 is 42.5 Å². The first-order chi connectivity index (χ1) is 18.9. The number of nitrogens with one attached hydrogen (secondary N) is 1. The van der Waals surface area contributed by atoms with Crippen LogP contribution < -0.4 is 10.1 Å². The van der Waals surface area contributed by atoms with Crippen molar-refractivity contribution in [1.29, 1.82) is 0 Å². The van der Waals surface area contributed by atoms with Crippen molar-refractivity contribution in [3.05, 3.63) is 119 Å². The molecule has 4 aromatic rings. The number of carbonyl (C=O) groups excluding carboxylic acids is 1. The molecule has 0 aromatic heterocycles. The fourth-order valence-electron chi connectivity index (χ4n) is 4.41. The maximum absolute atomic E-state index is 13.3. The molecule has 0 aliphatic carbocycles. The van der Waals surface area contributed by atoms with Gasteiger partial charge in [0, 0.05) is 5.56 Å². The van der Waals surface area contributed by atoms with E-state index in [1.165, 1.54) is 5.56 Å². The number of rotatable bonds is 12. The van der Waals surface area contributed by atoms with Crippen molar-refractivity contribution in [3.8, 4) is 22.6 Å². The van der Waals surface area contributed by atoms with Crippen LogP contribution in [0.1, 0.15) is 33.5 Å². The van der Waals surface area contributed by atoms with Crippen molar-refractivity contribution in [1.82, 2.24) is 5.32 Å². The summed E-state index contributed by atoms with van der Waals surface area (Å²) in [5.74, 6) is 0.852. The van der Waals surface area contributed by atoms with E-state index in [0.717, 1.165) is 46.6 Å². The summed E-state index contributed by atoms with van der Waals surface area (Å²) in [5.41, 5.74) is 5.59. The summed E-state index contributed by atoms with van der Waals surface area (Å²) in [5, 5.41) is 12.3. The molecule has 1 atom stereocenters. The molecular formula is C33H34LiNO4S. The Morgan fingerprint density at radius 1 is 0.825 bits per heavy atom. The Hall–Kier alpha value is -3.43. The number of thioether (sulfide) groups is 1. The Labute approximate surface area is 252 Å². The summed E-state index contributed by atoms with van der Waals surface area (Å²) in [6.45, 7) is 2.02. The van der Waals surface area contributed by atoms with E-state index in [-0.39, 0.29) is 24.8 Å². The minimum absolute atomic E-state index is 0. The van der Waals surface area contributed by atoms with Crippen molar-refractivity contribution in [2.45, 2.75) is 32.2 Å². The zero-order valence-electron chi connectivity index (χ0n) is 22.2. The van der Waals surface area contributed by atoms with Gasteiger partial charge >= 0.3 is 24.8 Å². The van der Waals surface area contributed by atoms with E-state index in [9.17, 15) is 14.7 Å². The molecule has 0 fully saturated rings. The molecule has 0 saturated heterocycles. The molecule has 0 saturated carbocycles. The van der Waals surface area contributed by atoms with Crippen LogP contribution in [0.4, 0.5) is 0 Å². The van der Waals surface area contributed by atoms with Crippen molar-refractivity contribution in [3.63, 3.8) is 0 Å². The molecule has 202 valence electrons. The molecule has 0 heterocycles. The number of benzene rings is 4. The summed E-state index contributed by atoms with van der Waals surface area (Å²) in [6, 6.07) is 30.6. The van der Waals surface area contributed by atoms with Crippen LogP contribution in [0.25, 0.3) is 11.1 Å². The molecule has 0 radical (unpaired) electrons. The third kappa shape index (κ3) is 8.53. The average Bonchev–Trinajstić information content (AvgIpc) is 2.95. The second kappa shape index (κ2) is 15.4. The van der Waals surface area contributed by atoms with Gasteiger partial charge in [0.25, 0.3) is 5.91 Å². The topological polar surface area (TPSA) is 75.6 Å². The van der Waals surface area contributed by atoms with Gasteiger partial charge in [-0.15, -0.1) is 0 Å². The number of carboxylic acids is 1. The number of carbonyl (C=O) groups is 2. The van der Waals surface area contributed by atoms with Gasteiger partial charge in [0.05, 0.1) is 0 Å². The molecule has 2 N–H and O–H groups in total. The van der Waals surface area contributed by atoms with Crippen molar-refractivity contribution < 1.29 is 19.4 Å². The normalized spacial score (nSPS) is 11.2. The molecule has 0 spiro atoms. The zero-order chi connectivity index (χ0) is 27.6. The summed E-state index contributed by atoms with van der Waals surface area (Å²) in [6.07, 6.45) is 3.92. The monoisotopic (exact) mass is 547 g/mol. The summed E-state index contributed by atoms with van der Waals surface area (Å²) in [7, 11) is 0. The van der Waals surface area contributed by atoms with Crippen LogP contribution in [0.2, 0.25) is 0 Å². The Bertz CT molecular complexity index is 1410. The third-order valence-corrected chi connectivity index (χ3v) is 7.23. The van der Waals surface area contributed by atoms with E-state index < -0.39 is 12.0 Å². The molecule has 0 aliphatic heterocycles. The predicted octanol–water partition coefficient (Wildman–Crippen LogP) is 6.53. The van der Waals surface area contributed by atoms with Gasteiger partial charge in [-0.05, 0) is 96.3 Å². The Morgan fingerprint density at radius 2 is 1.45 bits per heavy atom. The molecule has 1 amide bonds. The van der Waals surface area contributed by atoms with Crippen LogP contribution in [-0.4, -0.2) is 53.9 Å². The quantitative estimate of drug-likeness (QED) is 0.197. The molecule has 7 heteroatoms. The maximum atomic E-state index is 13.3. The van der Waals surface area contributed by atoms with E-state index in [4.69, 9.17) is 4.74 Å². The average molecular weight is 548 g/mol. The van der Waals surface area contributed by atoms with Crippen molar-refractivity contribution in [2.24, 2.45) is 0 Å². The van der Waals surface area contributed by atoms with E-state index >= 15 is 0 Å². The number of carboxylic acid groups (broad SMARTS) is 1.